The fourth-order valence-corrected chi connectivity index (χ4v) is 1.95. The zero-order valence-corrected chi connectivity index (χ0v) is 12.9. The minimum Gasteiger partial charge on any atom is -0.479 e. The Morgan fingerprint density at radius 2 is 1.75 bits per heavy atom. The second-order valence-corrected chi connectivity index (χ2v) is 6.53. The Bertz CT molecular complexity index is 335. The lowest BCUT2D eigenvalue weighted by molar-refractivity contribution is -0.156. The fraction of sp³-hybridized carbons (Fsp3) is 0.857. The van der Waals surface area contributed by atoms with Gasteiger partial charge in [0.2, 0.25) is 5.91 Å². The number of hydrogen-bond acceptors (Lipinski definition) is 4. The second kappa shape index (κ2) is 7.59. The van der Waals surface area contributed by atoms with Crippen LogP contribution in [0.4, 0.5) is 0 Å². The summed E-state index contributed by atoms with van der Waals surface area (Å²) in [5.74, 6) is -1.27. The topological polar surface area (TPSA) is 113 Å². The molecule has 6 heteroatoms. The normalized spacial score (nSPS) is 16.3. The SMILES string of the molecule is CC(O)(CNC(=O)CCC(CCN)C(C)(C)C)C(=O)O. The van der Waals surface area contributed by atoms with E-state index in [2.05, 4.69) is 26.1 Å². The number of nitrogens with one attached hydrogen (secondary N) is 1. The lowest BCUT2D eigenvalue weighted by Gasteiger charge is -2.30. The average Bonchev–Trinajstić information content (AvgIpc) is 2.30. The number of aliphatic carboxylic acids is 1. The van der Waals surface area contributed by atoms with Crippen molar-refractivity contribution in [2.24, 2.45) is 17.1 Å². The predicted octanol–water partition coefficient (Wildman–Crippen LogP) is 0.730. The van der Waals surface area contributed by atoms with Crippen molar-refractivity contribution in [1.29, 1.82) is 0 Å². The standard InChI is InChI=1S/C14H28N2O4/c1-13(2,3)10(7-8-15)5-6-11(17)16-9-14(4,20)12(18)19/h10,20H,5-9,15H2,1-4H3,(H,16,17)(H,18,19). The third kappa shape index (κ3) is 6.86. The van der Waals surface area contributed by atoms with Crippen molar-refractivity contribution in [2.75, 3.05) is 13.1 Å². The lowest BCUT2D eigenvalue weighted by atomic mass is 9.76. The van der Waals surface area contributed by atoms with Crippen LogP contribution in [-0.2, 0) is 9.59 Å². The van der Waals surface area contributed by atoms with Gasteiger partial charge in [0.25, 0.3) is 0 Å². The molecule has 0 radical (unpaired) electrons. The molecule has 0 saturated carbocycles. The van der Waals surface area contributed by atoms with Crippen molar-refractivity contribution in [2.45, 2.75) is 52.6 Å². The predicted molar refractivity (Wildman–Crippen MR) is 77.1 cm³/mol. The molecular weight excluding hydrogens is 260 g/mol. The highest BCUT2D eigenvalue weighted by Crippen LogP contribution is 2.31. The maximum atomic E-state index is 11.7. The molecule has 0 bridgehead atoms. The van der Waals surface area contributed by atoms with E-state index >= 15 is 0 Å². The number of carbonyl (C=O) groups is 2. The van der Waals surface area contributed by atoms with Crippen molar-refractivity contribution in [3.63, 3.8) is 0 Å². The minimum atomic E-state index is -1.93. The molecule has 2 unspecified atom stereocenters. The molecule has 0 rings (SSSR count). The van der Waals surface area contributed by atoms with Crippen molar-refractivity contribution in [3.8, 4) is 0 Å². The Labute approximate surface area is 120 Å². The van der Waals surface area contributed by atoms with Gasteiger partial charge in [0.1, 0.15) is 0 Å². The molecule has 1 amide bonds. The Balaban J connectivity index is 4.25. The number of amides is 1. The van der Waals surface area contributed by atoms with Gasteiger partial charge in [-0.3, -0.25) is 4.79 Å². The van der Waals surface area contributed by atoms with Crippen LogP contribution in [-0.4, -0.2) is 40.8 Å². The molecule has 0 aromatic rings. The first-order valence-corrected chi connectivity index (χ1v) is 6.93. The van der Waals surface area contributed by atoms with Crippen molar-refractivity contribution < 1.29 is 19.8 Å². The number of carbonyl (C=O) groups excluding carboxylic acids is 1. The van der Waals surface area contributed by atoms with Gasteiger partial charge in [-0.05, 0) is 37.6 Å². The van der Waals surface area contributed by atoms with Gasteiger partial charge in [0, 0.05) is 6.42 Å². The van der Waals surface area contributed by atoms with Gasteiger partial charge >= 0.3 is 5.97 Å². The first-order chi connectivity index (χ1) is 9.00. The summed E-state index contributed by atoms with van der Waals surface area (Å²) in [4.78, 5) is 22.4. The summed E-state index contributed by atoms with van der Waals surface area (Å²) >= 11 is 0. The smallest absolute Gasteiger partial charge is 0.337 e. The van der Waals surface area contributed by atoms with Gasteiger partial charge in [-0.25, -0.2) is 4.79 Å². The molecule has 0 aliphatic carbocycles. The molecule has 0 aromatic heterocycles. The summed E-state index contributed by atoms with van der Waals surface area (Å²) in [6, 6.07) is 0. The molecule has 2 atom stereocenters. The van der Waals surface area contributed by atoms with Crippen LogP contribution in [0, 0.1) is 11.3 Å². The average molecular weight is 288 g/mol. The number of aliphatic hydroxyl groups is 1. The Morgan fingerprint density at radius 1 is 1.20 bits per heavy atom. The highest BCUT2D eigenvalue weighted by Gasteiger charge is 2.30. The van der Waals surface area contributed by atoms with E-state index in [9.17, 15) is 14.7 Å². The van der Waals surface area contributed by atoms with Crippen molar-refractivity contribution >= 4 is 11.9 Å². The largest absolute Gasteiger partial charge is 0.479 e. The third-order valence-corrected chi connectivity index (χ3v) is 3.55. The molecule has 0 aliphatic rings. The quantitative estimate of drug-likeness (QED) is 0.526. The molecule has 118 valence electrons. The molecule has 0 fully saturated rings. The number of hydrogen-bond donors (Lipinski definition) is 4. The van der Waals surface area contributed by atoms with Gasteiger partial charge in [-0.1, -0.05) is 20.8 Å². The molecule has 0 spiro atoms. The van der Waals surface area contributed by atoms with Crippen molar-refractivity contribution in [1.82, 2.24) is 5.32 Å². The van der Waals surface area contributed by atoms with E-state index in [1.807, 2.05) is 0 Å². The van der Waals surface area contributed by atoms with E-state index in [0.717, 1.165) is 13.3 Å². The Kier molecular flexibility index (Phi) is 7.16. The van der Waals surface area contributed by atoms with Gasteiger partial charge in [-0.15, -0.1) is 0 Å². The molecule has 0 heterocycles. The first kappa shape index (κ1) is 18.9. The Hall–Kier alpha value is -1.14. The second-order valence-electron chi connectivity index (χ2n) is 6.53. The van der Waals surface area contributed by atoms with Crippen LogP contribution in [0.3, 0.4) is 0 Å². The van der Waals surface area contributed by atoms with Crippen LogP contribution in [0.15, 0.2) is 0 Å². The maximum Gasteiger partial charge on any atom is 0.337 e. The summed E-state index contributed by atoms with van der Waals surface area (Å²) in [7, 11) is 0. The summed E-state index contributed by atoms with van der Waals surface area (Å²) in [5, 5.41) is 20.7. The van der Waals surface area contributed by atoms with E-state index in [-0.39, 0.29) is 17.9 Å². The summed E-state index contributed by atoms with van der Waals surface area (Å²) < 4.78 is 0. The molecule has 0 aliphatic heterocycles. The van der Waals surface area contributed by atoms with Gasteiger partial charge < -0.3 is 21.3 Å². The van der Waals surface area contributed by atoms with Crippen LogP contribution in [0.25, 0.3) is 0 Å². The van der Waals surface area contributed by atoms with Crippen LogP contribution in [0.5, 0.6) is 0 Å². The number of nitrogens with two attached hydrogens (primary N) is 1. The fourth-order valence-electron chi connectivity index (χ4n) is 1.95. The monoisotopic (exact) mass is 288 g/mol. The van der Waals surface area contributed by atoms with E-state index in [4.69, 9.17) is 10.8 Å². The minimum absolute atomic E-state index is 0.0756. The zero-order valence-electron chi connectivity index (χ0n) is 12.9. The van der Waals surface area contributed by atoms with Gasteiger partial charge in [0.05, 0.1) is 6.54 Å². The van der Waals surface area contributed by atoms with E-state index in [1.54, 1.807) is 0 Å². The number of carboxylic acid groups (broad SMARTS) is 1. The van der Waals surface area contributed by atoms with Crippen LogP contribution in [0.2, 0.25) is 0 Å². The van der Waals surface area contributed by atoms with Crippen LogP contribution in [0.1, 0.15) is 47.0 Å². The molecule has 0 aromatic carbocycles. The summed E-state index contributed by atoms with van der Waals surface area (Å²) in [5.41, 5.74) is 3.72. The molecule has 5 N–H and O–H groups in total. The van der Waals surface area contributed by atoms with E-state index in [1.165, 1.54) is 0 Å². The van der Waals surface area contributed by atoms with Crippen LogP contribution >= 0.6 is 0 Å². The van der Waals surface area contributed by atoms with Gasteiger partial charge in [0.15, 0.2) is 5.60 Å². The molecule has 20 heavy (non-hydrogen) atoms. The molecular formula is C14H28N2O4. The Morgan fingerprint density at radius 3 is 2.15 bits per heavy atom. The number of carboxylic acids is 1. The van der Waals surface area contributed by atoms with Crippen molar-refractivity contribution in [3.05, 3.63) is 0 Å². The first-order valence-electron chi connectivity index (χ1n) is 6.93. The summed E-state index contributed by atoms with van der Waals surface area (Å²) in [6.45, 7) is 7.78. The van der Waals surface area contributed by atoms with Crippen LogP contribution < -0.4 is 11.1 Å². The molecule has 6 nitrogen and oxygen atoms in total. The summed E-state index contributed by atoms with van der Waals surface area (Å²) in [6.07, 6.45) is 1.85. The lowest BCUT2D eigenvalue weighted by Crippen LogP contribution is -2.46. The number of rotatable bonds is 8. The highest BCUT2D eigenvalue weighted by atomic mass is 16.4. The van der Waals surface area contributed by atoms with E-state index < -0.39 is 11.6 Å². The van der Waals surface area contributed by atoms with E-state index in [0.29, 0.717) is 25.3 Å². The maximum absolute atomic E-state index is 11.7. The highest BCUT2D eigenvalue weighted by molar-refractivity contribution is 5.80. The third-order valence-electron chi connectivity index (χ3n) is 3.55. The molecule has 0 saturated heterocycles. The zero-order chi connectivity index (χ0) is 16.0. The van der Waals surface area contributed by atoms with Gasteiger partial charge in [-0.2, -0.15) is 0 Å².